The van der Waals surface area contributed by atoms with Crippen LogP contribution in [0.4, 0.5) is 4.39 Å². The van der Waals surface area contributed by atoms with Crippen LogP contribution in [0.3, 0.4) is 0 Å². The van der Waals surface area contributed by atoms with Gasteiger partial charge in [0, 0.05) is 45.7 Å². The molecule has 2 fully saturated rings. The molecule has 0 aromatic heterocycles. The van der Waals surface area contributed by atoms with E-state index in [2.05, 4.69) is 4.90 Å². The topological polar surface area (TPSA) is 49.8 Å². The van der Waals surface area contributed by atoms with Crippen LogP contribution >= 0.6 is 0 Å². The largest absolute Gasteiger partial charge is 0.479 e. The van der Waals surface area contributed by atoms with Gasteiger partial charge >= 0.3 is 5.97 Å². The molecule has 0 saturated carbocycles. The Morgan fingerprint density at radius 1 is 1.35 bits per heavy atom. The molecule has 2 heterocycles. The highest BCUT2D eigenvalue weighted by Crippen LogP contribution is 2.28. The van der Waals surface area contributed by atoms with E-state index >= 15 is 0 Å². The minimum atomic E-state index is -1.99. The molecule has 0 spiro atoms. The van der Waals surface area contributed by atoms with Crippen molar-refractivity contribution in [1.29, 1.82) is 0 Å². The number of carboxylic acid groups (broad SMARTS) is 1. The lowest BCUT2D eigenvalue weighted by atomic mass is 9.92. The average molecular weight is 245 g/mol. The van der Waals surface area contributed by atoms with Gasteiger partial charge in [0.15, 0.2) is 0 Å². The molecule has 1 N–H and O–H groups in total. The molecule has 17 heavy (non-hydrogen) atoms. The molecular formula is C12H20FNO3. The monoisotopic (exact) mass is 245 g/mol. The summed E-state index contributed by atoms with van der Waals surface area (Å²) in [5.74, 6) is -0.677. The molecule has 0 aromatic carbocycles. The van der Waals surface area contributed by atoms with Gasteiger partial charge in [0.1, 0.15) is 0 Å². The normalized spacial score (nSPS) is 26.9. The van der Waals surface area contributed by atoms with Crippen LogP contribution in [-0.4, -0.2) is 54.5 Å². The molecule has 0 radical (unpaired) electrons. The first-order valence-electron chi connectivity index (χ1n) is 6.32. The van der Waals surface area contributed by atoms with Crippen molar-refractivity contribution in [1.82, 2.24) is 4.90 Å². The van der Waals surface area contributed by atoms with Crippen molar-refractivity contribution >= 4 is 5.97 Å². The number of rotatable bonds is 3. The molecule has 4 nitrogen and oxygen atoms in total. The minimum absolute atomic E-state index is 0.117. The fourth-order valence-corrected chi connectivity index (χ4v) is 2.60. The van der Waals surface area contributed by atoms with E-state index in [9.17, 15) is 9.18 Å². The molecule has 0 amide bonds. The van der Waals surface area contributed by atoms with Gasteiger partial charge in [0.25, 0.3) is 0 Å². The number of nitrogens with zero attached hydrogens (tertiary/aromatic N) is 1. The highest BCUT2D eigenvalue weighted by atomic mass is 19.1. The first-order valence-corrected chi connectivity index (χ1v) is 6.32. The van der Waals surface area contributed by atoms with E-state index in [4.69, 9.17) is 9.84 Å². The lowest BCUT2D eigenvalue weighted by Gasteiger charge is -2.36. The maximum atomic E-state index is 13.8. The van der Waals surface area contributed by atoms with E-state index in [0.717, 1.165) is 32.6 Å². The van der Waals surface area contributed by atoms with E-state index in [1.165, 1.54) is 0 Å². The zero-order valence-corrected chi connectivity index (χ0v) is 10.0. The van der Waals surface area contributed by atoms with Gasteiger partial charge in [0.2, 0.25) is 5.67 Å². The van der Waals surface area contributed by atoms with Crippen molar-refractivity contribution in [2.45, 2.75) is 31.4 Å². The average Bonchev–Trinajstić information content (AvgIpc) is 2.33. The SMILES string of the molecule is O=C(O)C1(F)CCN(CC2CCOCC2)CC1. The molecule has 0 unspecified atom stereocenters. The molecule has 2 aliphatic rings. The quantitative estimate of drug-likeness (QED) is 0.814. The Hall–Kier alpha value is -0.680. The van der Waals surface area contributed by atoms with Crippen molar-refractivity contribution in [3.8, 4) is 0 Å². The summed E-state index contributed by atoms with van der Waals surface area (Å²) in [6.45, 7) is 3.71. The van der Waals surface area contributed by atoms with Gasteiger partial charge in [0.05, 0.1) is 0 Å². The van der Waals surface area contributed by atoms with Crippen LogP contribution in [0.5, 0.6) is 0 Å². The minimum Gasteiger partial charge on any atom is -0.479 e. The highest BCUT2D eigenvalue weighted by Gasteiger charge is 2.41. The number of carbonyl (C=O) groups is 1. The van der Waals surface area contributed by atoms with Crippen molar-refractivity contribution in [3.63, 3.8) is 0 Å². The fraction of sp³-hybridized carbons (Fsp3) is 0.917. The number of halogens is 1. The summed E-state index contributed by atoms with van der Waals surface area (Å²) in [4.78, 5) is 13.0. The second-order valence-electron chi connectivity index (χ2n) is 5.13. The Kier molecular flexibility index (Phi) is 3.99. The predicted molar refractivity (Wildman–Crippen MR) is 60.7 cm³/mol. The maximum Gasteiger partial charge on any atom is 0.341 e. The van der Waals surface area contributed by atoms with Crippen molar-refractivity contribution in [2.24, 2.45) is 5.92 Å². The first kappa shape index (κ1) is 12.8. The van der Waals surface area contributed by atoms with Crippen LogP contribution in [0.2, 0.25) is 0 Å². The van der Waals surface area contributed by atoms with Gasteiger partial charge in [-0.1, -0.05) is 0 Å². The Morgan fingerprint density at radius 2 is 1.94 bits per heavy atom. The molecule has 0 aromatic rings. The lowest BCUT2D eigenvalue weighted by Crippen LogP contribution is -2.47. The number of alkyl halides is 1. The van der Waals surface area contributed by atoms with Crippen LogP contribution in [0, 0.1) is 5.92 Å². The van der Waals surface area contributed by atoms with Crippen LogP contribution in [0.1, 0.15) is 25.7 Å². The van der Waals surface area contributed by atoms with Gasteiger partial charge in [-0.3, -0.25) is 0 Å². The second kappa shape index (κ2) is 5.31. The third-order valence-corrected chi connectivity index (χ3v) is 3.89. The number of hydrogen-bond acceptors (Lipinski definition) is 3. The van der Waals surface area contributed by atoms with E-state index in [1.54, 1.807) is 0 Å². The third kappa shape index (κ3) is 3.16. The molecule has 0 atom stereocenters. The summed E-state index contributed by atoms with van der Waals surface area (Å²) in [7, 11) is 0. The van der Waals surface area contributed by atoms with Gasteiger partial charge in [-0.2, -0.15) is 0 Å². The molecule has 2 rings (SSSR count). The molecular weight excluding hydrogens is 225 g/mol. The van der Waals surface area contributed by atoms with E-state index in [-0.39, 0.29) is 12.8 Å². The van der Waals surface area contributed by atoms with E-state index in [0.29, 0.717) is 19.0 Å². The summed E-state index contributed by atoms with van der Waals surface area (Å²) in [5.41, 5.74) is -1.99. The van der Waals surface area contributed by atoms with Crippen molar-refractivity contribution in [3.05, 3.63) is 0 Å². The number of aliphatic carboxylic acids is 1. The Bertz CT molecular complexity index is 271. The molecule has 2 saturated heterocycles. The summed E-state index contributed by atoms with van der Waals surface area (Å²) >= 11 is 0. The molecule has 2 aliphatic heterocycles. The molecule has 0 bridgehead atoms. The number of likely N-dealkylation sites (tertiary alicyclic amines) is 1. The Balaban J connectivity index is 1.77. The number of ether oxygens (including phenoxy) is 1. The summed E-state index contributed by atoms with van der Waals surface area (Å²) in [5, 5.41) is 8.80. The van der Waals surface area contributed by atoms with Crippen molar-refractivity contribution in [2.75, 3.05) is 32.8 Å². The zero-order chi connectivity index (χ0) is 12.3. The van der Waals surface area contributed by atoms with Gasteiger partial charge in [-0.05, 0) is 18.8 Å². The fourth-order valence-electron chi connectivity index (χ4n) is 2.60. The van der Waals surface area contributed by atoms with Crippen LogP contribution in [0.15, 0.2) is 0 Å². The maximum absolute atomic E-state index is 13.8. The third-order valence-electron chi connectivity index (χ3n) is 3.89. The lowest BCUT2D eigenvalue weighted by molar-refractivity contribution is -0.154. The Morgan fingerprint density at radius 3 is 2.47 bits per heavy atom. The van der Waals surface area contributed by atoms with Gasteiger partial charge in [-0.15, -0.1) is 0 Å². The first-order chi connectivity index (χ1) is 8.10. The van der Waals surface area contributed by atoms with Gasteiger partial charge in [-0.25, -0.2) is 9.18 Å². The number of piperidine rings is 1. The Labute approximate surface area is 101 Å². The van der Waals surface area contributed by atoms with Crippen LogP contribution < -0.4 is 0 Å². The standard InChI is InChI=1S/C12H20FNO3/c13-12(11(15)16)3-5-14(6-4-12)9-10-1-7-17-8-2-10/h10H,1-9H2,(H,15,16). The second-order valence-corrected chi connectivity index (χ2v) is 5.13. The van der Waals surface area contributed by atoms with Gasteiger partial charge < -0.3 is 14.7 Å². The predicted octanol–water partition coefficient (Wildman–Crippen LogP) is 1.30. The summed E-state index contributed by atoms with van der Waals surface area (Å²) < 4.78 is 19.1. The zero-order valence-electron chi connectivity index (χ0n) is 10.0. The molecule has 98 valence electrons. The summed E-state index contributed by atoms with van der Waals surface area (Å²) in [6.07, 6.45) is 2.36. The highest BCUT2D eigenvalue weighted by molar-refractivity contribution is 5.77. The van der Waals surface area contributed by atoms with Crippen LogP contribution in [-0.2, 0) is 9.53 Å². The number of carboxylic acids is 1. The number of hydrogen-bond donors (Lipinski definition) is 1. The van der Waals surface area contributed by atoms with Crippen molar-refractivity contribution < 1.29 is 19.0 Å². The van der Waals surface area contributed by atoms with Crippen LogP contribution in [0.25, 0.3) is 0 Å². The van der Waals surface area contributed by atoms with E-state index in [1.807, 2.05) is 0 Å². The molecule has 5 heteroatoms. The summed E-state index contributed by atoms with van der Waals surface area (Å²) in [6, 6.07) is 0. The smallest absolute Gasteiger partial charge is 0.341 e. The van der Waals surface area contributed by atoms with E-state index < -0.39 is 11.6 Å². The molecule has 0 aliphatic carbocycles.